The molecule has 0 aromatic heterocycles. The Bertz CT molecular complexity index is 761. The third-order valence-corrected chi connectivity index (χ3v) is 4.62. The molecule has 6 nitrogen and oxygen atoms in total. The number of aliphatic carboxylic acids is 1. The van der Waals surface area contributed by atoms with Crippen molar-refractivity contribution < 1.29 is 29.0 Å². The Labute approximate surface area is 139 Å². The highest BCUT2D eigenvalue weighted by Crippen LogP contribution is 2.49. The maximum atomic E-state index is 11.9. The summed E-state index contributed by atoms with van der Waals surface area (Å²) >= 11 is 0. The maximum Gasteiger partial charge on any atom is 0.308 e. The molecule has 0 saturated carbocycles. The number of fused-ring (bicyclic) bond motifs is 3. The minimum Gasteiger partial charge on any atom is -0.493 e. The lowest BCUT2D eigenvalue weighted by atomic mass is 9.68. The van der Waals surface area contributed by atoms with Crippen molar-refractivity contribution in [1.29, 1.82) is 0 Å². The van der Waals surface area contributed by atoms with Gasteiger partial charge in [-0.1, -0.05) is 6.07 Å². The highest BCUT2D eigenvalue weighted by molar-refractivity contribution is 6.01. The molecule has 0 radical (unpaired) electrons. The quantitative estimate of drug-likeness (QED) is 0.675. The number of methoxy groups -OCH3 is 1. The molecule has 6 heteroatoms. The van der Waals surface area contributed by atoms with Gasteiger partial charge in [0.05, 0.1) is 13.0 Å². The fourth-order valence-corrected chi connectivity index (χ4v) is 3.62. The van der Waals surface area contributed by atoms with E-state index in [2.05, 4.69) is 0 Å². The monoisotopic (exact) mass is 330 g/mol. The Kier molecular flexibility index (Phi) is 4.13. The van der Waals surface area contributed by atoms with Gasteiger partial charge in [0, 0.05) is 18.9 Å². The first-order valence-electron chi connectivity index (χ1n) is 7.78. The molecular formula is C18H18O6. The van der Waals surface area contributed by atoms with Crippen LogP contribution in [0.3, 0.4) is 0 Å². The topological polar surface area (TPSA) is 89.9 Å². The van der Waals surface area contributed by atoms with Gasteiger partial charge in [0.2, 0.25) is 0 Å². The predicted octanol–water partition coefficient (Wildman–Crippen LogP) is 2.24. The van der Waals surface area contributed by atoms with Crippen molar-refractivity contribution >= 4 is 23.3 Å². The predicted molar refractivity (Wildman–Crippen MR) is 84.8 cm³/mol. The largest absolute Gasteiger partial charge is 0.493 e. The molecule has 0 heterocycles. The van der Waals surface area contributed by atoms with Crippen LogP contribution in [-0.4, -0.2) is 29.9 Å². The third-order valence-electron chi connectivity index (χ3n) is 4.62. The van der Waals surface area contributed by atoms with Crippen LogP contribution in [0, 0.1) is 11.8 Å². The number of carboxylic acid groups (broad SMARTS) is 1. The van der Waals surface area contributed by atoms with Gasteiger partial charge >= 0.3 is 11.9 Å². The number of ketones is 1. The highest BCUT2D eigenvalue weighted by Gasteiger charge is 2.41. The lowest BCUT2D eigenvalue weighted by molar-refractivity contribution is -0.143. The van der Waals surface area contributed by atoms with Gasteiger partial charge in [0.15, 0.2) is 17.3 Å². The van der Waals surface area contributed by atoms with Gasteiger partial charge in [0.1, 0.15) is 0 Å². The van der Waals surface area contributed by atoms with Crippen LogP contribution in [0.4, 0.5) is 0 Å². The molecule has 3 rings (SSSR count). The Hall–Kier alpha value is -2.63. The zero-order valence-electron chi connectivity index (χ0n) is 13.5. The zero-order chi connectivity index (χ0) is 17.4. The molecule has 1 N–H and O–H groups in total. The van der Waals surface area contributed by atoms with Gasteiger partial charge in [-0.2, -0.15) is 0 Å². The summed E-state index contributed by atoms with van der Waals surface area (Å²) in [6.45, 7) is 1.29. The van der Waals surface area contributed by atoms with Crippen molar-refractivity contribution in [3.05, 3.63) is 29.3 Å². The van der Waals surface area contributed by atoms with Crippen molar-refractivity contribution in [3.8, 4) is 11.5 Å². The summed E-state index contributed by atoms with van der Waals surface area (Å²) in [5, 5.41) is 9.56. The lowest BCUT2D eigenvalue weighted by Crippen LogP contribution is -2.33. The molecule has 2 aliphatic carbocycles. The number of esters is 1. The van der Waals surface area contributed by atoms with Crippen LogP contribution >= 0.6 is 0 Å². The first-order valence-corrected chi connectivity index (χ1v) is 7.78. The number of rotatable bonds is 3. The lowest BCUT2D eigenvalue weighted by Gasteiger charge is -2.36. The Morgan fingerprint density at radius 3 is 2.67 bits per heavy atom. The summed E-state index contributed by atoms with van der Waals surface area (Å²) in [5.74, 6) is -1.64. The molecule has 126 valence electrons. The maximum absolute atomic E-state index is 11.9. The first kappa shape index (κ1) is 16.2. The van der Waals surface area contributed by atoms with Gasteiger partial charge in [-0.05, 0) is 42.0 Å². The van der Waals surface area contributed by atoms with E-state index in [0.29, 0.717) is 36.1 Å². The van der Waals surface area contributed by atoms with E-state index >= 15 is 0 Å². The number of carboxylic acids is 1. The smallest absolute Gasteiger partial charge is 0.308 e. The van der Waals surface area contributed by atoms with Gasteiger partial charge < -0.3 is 14.6 Å². The fourth-order valence-electron chi connectivity index (χ4n) is 3.62. The summed E-state index contributed by atoms with van der Waals surface area (Å²) in [4.78, 5) is 35.1. The Balaban J connectivity index is 2.24. The van der Waals surface area contributed by atoms with Crippen LogP contribution < -0.4 is 9.47 Å². The Morgan fingerprint density at radius 1 is 1.29 bits per heavy atom. The summed E-state index contributed by atoms with van der Waals surface area (Å²) in [6.07, 6.45) is 2.64. The number of hydrogen-bond acceptors (Lipinski definition) is 5. The van der Waals surface area contributed by atoms with E-state index < -0.39 is 17.9 Å². The molecule has 1 aromatic rings. The number of allylic oxidation sites excluding steroid dienone is 2. The van der Waals surface area contributed by atoms with Crippen LogP contribution in [0.5, 0.6) is 11.5 Å². The van der Waals surface area contributed by atoms with E-state index in [4.69, 9.17) is 9.47 Å². The van der Waals surface area contributed by atoms with Gasteiger partial charge in [-0.25, -0.2) is 0 Å². The molecule has 0 fully saturated rings. The van der Waals surface area contributed by atoms with E-state index in [1.165, 1.54) is 20.1 Å². The van der Waals surface area contributed by atoms with E-state index in [9.17, 15) is 19.5 Å². The first-order chi connectivity index (χ1) is 11.4. The van der Waals surface area contributed by atoms with Crippen molar-refractivity contribution in [3.63, 3.8) is 0 Å². The molecule has 2 aliphatic rings. The Morgan fingerprint density at radius 2 is 2.04 bits per heavy atom. The van der Waals surface area contributed by atoms with E-state index in [1.807, 2.05) is 0 Å². The molecule has 0 amide bonds. The summed E-state index contributed by atoms with van der Waals surface area (Å²) in [7, 11) is 1.47. The fraction of sp³-hybridized carbons (Fsp3) is 0.389. The van der Waals surface area contributed by atoms with Gasteiger partial charge in [0.25, 0.3) is 0 Å². The number of carbonyl (C=O) groups excluding carboxylic acids is 2. The second-order valence-corrected chi connectivity index (χ2v) is 6.08. The summed E-state index contributed by atoms with van der Waals surface area (Å²) in [6, 6.07) is 3.43. The summed E-state index contributed by atoms with van der Waals surface area (Å²) in [5.41, 5.74) is 2.01. The van der Waals surface area contributed by atoms with Crippen molar-refractivity contribution in [1.82, 2.24) is 0 Å². The zero-order valence-corrected chi connectivity index (χ0v) is 13.5. The van der Waals surface area contributed by atoms with Gasteiger partial charge in [-0.15, -0.1) is 0 Å². The average molecular weight is 330 g/mol. The molecule has 0 saturated heterocycles. The number of benzene rings is 1. The summed E-state index contributed by atoms with van der Waals surface area (Å²) < 4.78 is 10.6. The van der Waals surface area contributed by atoms with Crippen molar-refractivity contribution in [2.75, 3.05) is 7.11 Å². The molecule has 0 bridgehead atoms. The van der Waals surface area contributed by atoms with Crippen LogP contribution in [0.25, 0.3) is 5.57 Å². The number of carbonyl (C=O) groups is 3. The molecule has 2 atom stereocenters. The van der Waals surface area contributed by atoms with Crippen molar-refractivity contribution in [2.45, 2.75) is 26.2 Å². The molecular weight excluding hydrogens is 312 g/mol. The van der Waals surface area contributed by atoms with Crippen LogP contribution in [0.15, 0.2) is 18.2 Å². The standard InChI is InChI=1S/C18H18O6/c1-9(19)24-17-15(23-2)6-3-10-7-14(18(21)22)12-5-4-11(20)8-13(12)16(10)17/h3,6,8,12,14H,4-5,7H2,1-2H3,(H,21,22)/t12-,14-/m0/s1. The van der Waals surface area contributed by atoms with Gasteiger partial charge in [-0.3, -0.25) is 14.4 Å². The minimum atomic E-state index is -0.879. The SMILES string of the molecule is COc1ccc2c(c1OC(C)=O)C1=CC(=O)CC[C@@H]1[C@@H](C(=O)O)C2. The molecule has 24 heavy (non-hydrogen) atoms. The highest BCUT2D eigenvalue weighted by atomic mass is 16.6. The van der Waals surface area contributed by atoms with E-state index in [0.717, 1.165) is 5.56 Å². The molecule has 0 aliphatic heterocycles. The van der Waals surface area contributed by atoms with Crippen molar-refractivity contribution in [2.24, 2.45) is 11.8 Å². The van der Waals surface area contributed by atoms with Crippen LogP contribution in [0.2, 0.25) is 0 Å². The van der Waals surface area contributed by atoms with Crippen LogP contribution in [0.1, 0.15) is 30.9 Å². The normalized spacial score (nSPS) is 22.1. The number of ether oxygens (including phenoxy) is 2. The molecule has 1 aromatic carbocycles. The second-order valence-electron chi connectivity index (χ2n) is 6.08. The third kappa shape index (κ3) is 2.68. The molecule has 0 unspecified atom stereocenters. The second kappa shape index (κ2) is 6.11. The molecule has 0 spiro atoms. The van der Waals surface area contributed by atoms with E-state index in [1.54, 1.807) is 12.1 Å². The minimum absolute atomic E-state index is 0.0465. The average Bonchev–Trinajstić information content (AvgIpc) is 2.53. The number of hydrogen-bond donors (Lipinski definition) is 1. The van der Waals surface area contributed by atoms with Crippen LogP contribution in [-0.2, 0) is 20.8 Å². The van der Waals surface area contributed by atoms with E-state index in [-0.39, 0.29) is 17.5 Å².